The highest BCUT2D eigenvalue weighted by Crippen LogP contribution is 2.44. The number of hydrogen-bond acceptors (Lipinski definition) is 6. The van der Waals surface area contributed by atoms with Gasteiger partial charge in [-0.15, -0.1) is 0 Å². The number of pyridine rings is 1. The fourth-order valence-corrected chi connectivity index (χ4v) is 4.76. The maximum atomic E-state index is 11.4. The minimum Gasteiger partial charge on any atom is -0.444 e. The first kappa shape index (κ1) is 18.6. The second-order valence-corrected chi connectivity index (χ2v) is 8.33. The molecule has 8 nitrogen and oxygen atoms in total. The van der Waals surface area contributed by atoms with E-state index in [0.717, 1.165) is 27.7 Å². The minimum atomic E-state index is -0.767. The van der Waals surface area contributed by atoms with Gasteiger partial charge < -0.3 is 20.8 Å². The molecule has 2 heterocycles. The van der Waals surface area contributed by atoms with Gasteiger partial charge in [0.15, 0.2) is 5.65 Å². The lowest BCUT2D eigenvalue weighted by Gasteiger charge is -2.29. The molecule has 1 fully saturated rings. The van der Waals surface area contributed by atoms with Gasteiger partial charge in [-0.25, -0.2) is 14.8 Å². The average Bonchev–Trinajstić information content (AvgIpc) is 3.45. The highest BCUT2D eigenvalue weighted by Gasteiger charge is 2.47. The van der Waals surface area contributed by atoms with Gasteiger partial charge in [0.25, 0.3) is 0 Å². The van der Waals surface area contributed by atoms with Crippen molar-refractivity contribution < 1.29 is 9.53 Å². The Morgan fingerprint density at radius 1 is 1.30 bits per heavy atom. The van der Waals surface area contributed by atoms with Crippen LogP contribution in [0.3, 0.4) is 0 Å². The summed E-state index contributed by atoms with van der Waals surface area (Å²) >= 11 is 3.57. The standard InChI is InChI=1S/C21H17BrN6O2/c22-14-9-25-20-17(27-19(28-20)11-3-1-10(8-23)2-4-11)16(14)26-15-12-5-6-13(7-12)18(15)30-21(24)29/h1-6,9,12-13,15,18H,7H2,(H2,24,29)(H2,25,26,27,28)/t12-,13+,15+,18-/m0/s1. The van der Waals surface area contributed by atoms with Crippen LogP contribution in [0.25, 0.3) is 22.6 Å². The van der Waals surface area contributed by atoms with Crippen LogP contribution in [0.4, 0.5) is 10.5 Å². The number of halogens is 1. The zero-order chi connectivity index (χ0) is 20.8. The number of fused-ring (bicyclic) bond motifs is 3. The zero-order valence-corrected chi connectivity index (χ0v) is 17.3. The number of imidazole rings is 1. The molecule has 1 aromatic carbocycles. The van der Waals surface area contributed by atoms with Crippen molar-refractivity contribution in [2.24, 2.45) is 17.6 Å². The number of nitrogens with two attached hydrogens (primary N) is 1. The number of nitrogens with zero attached hydrogens (tertiary/aromatic N) is 3. The monoisotopic (exact) mass is 464 g/mol. The number of rotatable bonds is 4. The minimum absolute atomic E-state index is 0.101. The molecule has 3 aromatic rings. The molecule has 4 N–H and O–H groups in total. The average molecular weight is 465 g/mol. The number of nitriles is 1. The Morgan fingerprint density at radius 3 is 2.80 bits per heavy atom. The van der Waals surface area contributed by atoms with Gasteiger partial charge in [-0.1, -0.05) is 12.2 Å². The Bertz CT molecular complexity index is 1210. The first-order chi connectivity index (χ1) is 14.5. The van der Waals surface area contributed by atoms with E-state index < -0.39 is 6.09 Å². The van der Waals surface area contributed by atoms with Crippen molar-refractivity contribution >= 4 is 38.9 Å². The molecule has 2 bridgehead atoms. The number of benzene rings is 1. The van der Waals surface area contributed by atoms with Gasteiger partial charge >= 0.3 is 6.09 Å². The lowest BCUT2D eigenvalue weighted by Crippen LogP contribution is -2.41. The lowest BCUT2D eigenvalue weighted by molar-refractivity contribution is 0.0854. The largest absolute Gasteiger partial charge is 0.444 e. The van der Waals surface area contributed by atoms with Crippen molar-refractivity contribution in [3.63, 3.8) is 0 Å². The van der Waals surface area contributed by atoms with Crippen LogP contribution in [-0.2, 0) is 4.74 Å². The second kappa shape index (κ2) is 7.15. The molecule has 1 saturated carbocycles. The molecular weight excluding hydrogens is 448 g/mol. The van der Waals surface area contributed by atoms with Crippen molar-refractivity contribution in [2.45, 2.75) is 18.6 Å². The van der Waals surface area contributed by atoms with E-state index in [2.05, 4.69) is 54.4 Å². The lowest BCUT2D eigenvalue weighted by atomic mass is 9.98. The van der Waals surface area contributed by atoms with Crippen LogP contribution in [0.1, 0.15) is 12.0 Å². The molecule has 1 amide bonds. The topological polar surface area (TPSA) is 130 Å². The molecule has 0 saturated heterocycles. The van der Waals surface area contributed by atoms with Gasteiger partial charge in [-0.05, 0) is 46.6 Å². The quantitative estimate of drug-likeness (QED) is 0.504. The number of primary amides is 1. The van der Waals surface area contributed by atoms with E-state index in [1.54, 1.807) is 18.3 Å². The molecule has 2 aliphatic carbocycles. The summed E-state index contributed by atoms with van der Waals surface area (Å²) in [6.45, 7) is 0. The third kappa shape index (κ3) is 3.09. The molecular formula is C21H17BrN6O2. The van der Waals surface area contributed by atoms with E-state index in [4.69, 9.17) is 15.7 Å². The molecule has 150 valence electrons. The Balaban J connectivity index is 1.52. The summed E-state index contributed by atoms with van der Waals surface area (Å²) in [4.78, 5) is 23.8. The van der Waals surface area contributed by atoms with Gasteiger partial charge in [0.1, 0.15) is 17.4 Å². The molecule has 4 atom stereocenters. The van der Waals surface area contributed by atoms with E-state index in [1.165, 1.54) is 0 Å². The molecule has 0 radical (unpaired) electrons. The summed E-state index contributed by atoms with van der Waals surface area (Å²) in [5.41, 5.74) is 8.85. The fourth-order valence-electron chi connectivity index (χ4n) is 4.34. The number of nitrogens with one attached hydrogen (secondary N) is 2. The number of carbonyl (C=O) groups excluding carboxylic acids is 1. The summed E-state index contributed by atoms with van der Waals surface area (Å²) in [6, 6.07) is 9.19. The van der Waals surface area contributed by atoms with Crippen LogP contribution in [-0.4, -0.2) is 33.2 Å². The third-order valence-electron chi connectivity index (χ3n) is 5.71. The highest BCUT2D eigenvalue weighted by molar-refractivity contribution is 9.10. The first-order valence-electron chi connectivity index (χ1n) is 9.49. The Hall–Kier alpha value is -3.38. The highest BCUT2D eigenvalue weighted by atomic mass is 79.9. The Morgan fingerprint density at radius 2 is 2.07 bits per heavy atom. The zero-order valence-electron chi connectivity index (χ0n) is 15.7. The number of H-pyrrole nitrogens is 1. The number of ether oxygens (including phenoxy) is 1. The SMILES string of the molecule is N#Cc1ccc(-c2nc3ncc(Br)c(N[C@H]4[C@@H](OC(N)=O)[C@@H]5C=C[C@H]4C5)c3[nH]2)cc1. The predicted molar refractivity (Wildman–Crippen MR) is 114 cm³/mol. The first-order valence-corrected chi connectivity index (χ1v) is 10.3. The molecule has 0 spiro atoms. The maximum absolute atomic E-state index is 11.4. The number of anilines is 1. The van der Waals surface area contributed by atoms with E-state index in [1.807, 2.05) is 12.1 Å². The van der Waals surface area contributed by atoms with Gasteiger partial charge in [0.05, 0.1) is 27.8 Å². The number of aromatic amines is 1. The second-order valence-electron chi connectivity index (χ2n) is 7.47. The van der Waals surface area contributed by atoms with Crippen molar-refractivity contribution in [2.75, 3.05) is 5.32 Å². The number of carbonyl (C=O) groups is 1. The summed E-state index contributed by atoms with van der Waals surface area (Å²) in [5.74, 6) is 1.06. The molecule has 0 unspecified atom stereocenters. The fraction of sp³-hybridized carbons (Fsp3) is 0.238. The van der Waals surface area contributed by atoms with Crippen LogP contribution >= 0.6 is 15.9 Å². The molecule has 5 rings (SSSR count). The summed E-state index contributed by atoms with van der Waals surface area (Å²) < 4.78 is 6.19. The van der Waals surface area contributed by atoms with Crippen molar-refractivity contribution in [1.82, 2.24) is 15.0 Å². The molecule has 0 aliphatic heterocycles. The van der Waals surface area contributed by atoms with Gasteiger partial charge in [-0.2, -0.15) is 5.26 Å². The van der Waals surface area contributed by atoms with Gasteiger partial charge in [-0.3, -0.25) is 0 Å². The van der Waals surface area contributed by atoms with E-state index in [-0.39, 0.29) is 24.0 Å². The van der Waals surface area contributed by atoms with Crippen LogP contribution in [0, 0.1) is 23.2 Å². The van der Waals surface area contributed by atoms with Crippen LogP contribution in [0.5, 0.6) is 0 Å². The van der Waals surface area contributed by atoms with Crippen LogP contribution < -0.4 is 11.1 Å². The summed E-state index contributed by atoms with van der Waals surface area (Å²) in [7, 11) is 0. The van der Waals surface area contributed by atoms with Crippen LogP contribution in [0.15, 0.2) is 47.1 Å². The smallest absolute Gasteiger partial charge is 0.404 e. The number of hydrogen-bond donors (Lipinski definition) is 3. The van der Waals surface area contributed by atoms with Crippen molar-refractivity contribution in [3.8, 4) is 17.5 Å². The van der Waals surface area contributed by atoms with Crippen LogP contribution in [0.2, 0.25) is 0 Å². The van der Waals surface area contributed by atoms with E-state index in [9.17, 15) is 4.79 Å². The summed E-state index contributed by atoms with van der Waals surface area (Å²) in [6.07, 6.45) is 5.77. The van der Waals surface area contributed by atoms with Crippen molar-refractivity contribution in [1.29, 1.82) is 5.26 Å². The molecule has 2 aliphatic rings. The van der Waals surface area contributed by atoms with Gasteiger partial charge in [0.2, 0.25) is 0 Å². The van der Waals surface area contributed by atoms with Gasteiger partial charge in [0, 0.05) is 23.6 Å². The van der Waals surface area contributed by atoms with Crippen molar-refractivity contribution in [3.05, 3.63) is 52.7 Å². The van der Waals surface area contributed by atoms with E-state index >= 15 is 0 Å². The third-order valence-corrected chi connectivity index (χ3v) is 6.31. The Labute approximate surface area is 180 Å². The molecule has 9 heteroatoms. The number of aromatic nitrogens is 3. The predicted octanol–water partition coefficient (Wildman–Crippen LogP) is 3.71. The maximum Gasteiger partial charge on any atom is 0.404 e. The molecule has 30 heavy (non-hydrogen) atoms. The normalized spacial score (nSPS) is 24.1. The molecule has 2 aromatic heterocycles. The van der Waals surface area contributed by atoms with E-state index in [0.29, 0.717) is 17.0 Å². The summed E-state index contributed by atoms with van der Waals surface area (Å²) in [5, 5.41) is 12.5. The Kier molecular flexibility index (Phi) is 4.44. The number of amides is 1.